The molecule has 1 aromatic heterocycles. The van der Waals surface area contributed by atoms with Crippen LogP contribution in [0.25, 0.3) is 0 Å². The summed E-state index contributed by atoms with van der Waals surface area (Å²) in [6.45, 7) is 3.02. The van der Waals surface area contributed by atoms with Crippen molar-refractivity contribution in [2.45, 2.75) is 38.6 Å². The lowest BCUT2D eigenvalue weighted by molar-refractivity contribution is 0.338. The van der Waals surface area contributed by atoms with Gasteiger partial charge in [-0.1, -0.05) is 13.3 Å². The highest BCUT2D eigenvalue weighted by Gasteiger charge is 2.37. The third kappa shape index (κ3) is 2.49. The fraction of sp³-hybridized carbons (Fsp3) is 0.667. The van der Waals surface area contributed by atoms with Crippen molar-refractivity contribution in [1.82, 2.24) is 10.3 Å². The lowest BCUT2D eigenvalue weighted by atomic mass is 10.2. The van der Waals surface area contributed by atoms with E-state index in [2.05, 4.69) is 17.2 Å². The van der Waals surface area contributed by atoms with Crippen LogP contribution in [0, 0.1) is 0 Å². The maximum Gasteiger partial charge on any atom is 0.135 e. The largest absolute Gasteiger partial charge is 0.353 e. The number of thiazole rings is 1. The fourth-order valence-corrected chi connectivity index (χ4v) is 1.92. The summed E-state index contributed by atoms with van der Waals surface area (Å²) in [7, 11) is 0. The zero-order valence-corrected chi connectivity index (χ0v) is 8.51. The van der Waals surface area contributed by atoms with E-state index in [-0.39, 0.29) is 6.23 Å². The van der Waals surface area contributed by atoms with Crippen molar-refractivity contribution in [2.24, 2.45) is 0 Å². The Labute approximate surface area is 82.1 Å². The highest BCUT2D eigenvalue weighted by atomic mass is 32.1. The van der Waals surface area contributed by atoms with E-state index in [1.165, 1.54) is 6.42 Å². The van der Waals surface area contributed by atoms with Crippen LogP contribution in [0.2, 0.25) is 0 Å². The zero-order valence-electron chi connectivity index (χ0n) is 7.69. The summed E-state index contributed by atoms with van der Waals surface area (Å²) < 4.78 is 5.42. The Hall–Kier alpha value is -0.450. The summed E-state index contributed by atoms with van der Waals surface area (Å²) in [5.74, 6) is 0. The second-order valence-electron chi connectivity index (χ2n) is 3.19. The third-order valence-corrected chi connectivity index (χ3v) is 2.87. The Morgan fingerprint density at radius 2 is 2.62 bits per heavy atom. The quantitative estimate of drug-likeness (QED) is 0.732. The van der Waals surface area contributed by atoms with Gasteiger partial charge < -0.3 is 4.74 Å². The number of hydrogen-bond donors (Lipinski definition) is 1. The highest BCUT2D eigenvalue weighted by molar-refractivity contribution is 7.09. The summed E-state index contributed by atoms with van der Waals surface area (Å²) in [6, 6.07) is 0. The molecule has 1 aliphatic heterocycles. The summed E-state index contributed by atoms with van der Waals surface area (Å²) >= 11 is 1.68. The molecule has 1 aromatic rings. The Kier molecular flexibility index (Phi) is 2.93. The number of aromatic nitrogens is 1. The standard InChI is InChI=1S/C9H14N2OS/c1-2-3-7-9(12-7)11-6-8-10-4-5-13-8/h4-5,7,9,11H,2-3,6H2,1H3. The van der Waals surface area contributed by atoms with Crippen LogP contribution in [0.1, 0.15) is 24.8 Å². The minimum absolute atomic E-state index is 0.281. The van der Waals surface area contributed by atoms with Crippen LogP contribution in [0.5, 0.6) is 0 Å². The van der Waals surface area contributed by atoms with Gasteiger partial charge in [-0.2, -0.15) is 0 Å². The molecule has 2 rings (SSSR count). The van der Waals surface area contributed by atoms with Gasteiger partial charge in [0.25, 0.3) is 0 Å². The van der Waals surface area contributed by atoms with Crippen molar-refractivity contribution in [1.29, 1.82) is 0 Å². The molecular weight excluding hydrogens is 184 g/mol. The number of nitrogens with one attached hydrogen (secondary N) is 1. The molecule has 2 atom stereocenters. The second-order valence-corrected chi connectivity index (χ2v) is 4.17. The molecule has 0 saturated carbocycles. The molecule has 2 unspecified atom stereocenters. The maximum absolute atomic E-state index is 5.42. The molecule has 0 aromatic carbocycles. The van der Waals surface area contributed by atoms with Gasteiger partial charge >= 0.3 is 0 Å². The Bertz CT molecular complexity index is 250. The van der Waals surface area contributed by atoms with E-state index in [1.807, 2.05) is 11.6 Å². The molecule has 0 amide bonds. The molecule has 0 aliphatic carbocycles. The molecule has 1 aliphatic rings. The topological polar surface area (TPSA) is 37.5 Å². The fourth-order valence-electron chi connectivity index (χ4n) is 1.35. The zero-order chi connectivity index (χ0) is 9.10. The van der Waals surface area contributed by atoms with E-state index in [0.717, 1.165) is 18.0 Å². The van der Waals surface area contributed by atoms with Crippen LogP contribution in [-0.2, 0) is 11.3 Å². The van der Waals surface area contributed by atoms with E-state index in [9.17, 15) is 0 Å². The molecule has 13 heavy (non-hydrogen) atoms. The molecule has 4 heteroatoms. The van der Waals surface area contributed by atoms with E-state index in [1.54, 1.807) is 11.3 Å². The molecule has 0 spiro atoms. The van der Waals surface area contributed by atoms with Crippen LogP contribution in [-0.4, -0.2) is 17.3 Å². The molecule has 0 radical (unpaired) electrons. The van der Waals surface area contributed by atoms with E-state index in [0.29, 0.717) is 6.10 Å². The Morgan fingerprint density at radius 3 is 3.31 bits per heavy atom. The molecule has 1 fully saturated rings. The first kappa shape index (κ1) is 9.12. The molecule has 3 nitrogen and oxygen atoms in total. The van der Waals surface area contributed by atoms with E-state index >= 15 is 0 Å². The van der Waals surface area contributed by atoms with Gasteiger partial charge in [0.1, 0.15) is 11.2 Å². The van der Waals surface area contributed by atoms with Crippen molar-refractivity contribution < 1.29 is 4.74 Å². The SMILES string of the molecule is CCCC1OC1NCc1nccs1. The summed E-state index contributed by atoms with van der Waals surface area (Å²) in [4.78, 5) is 4.19. The van der Waals surface area contributed by atoms with Gasteiger partial charge in [0.05, 0.1) is 6.10 Å². The first-order valence-electron chi connectivity index (χ1n) is 4.67. The van der Waals surface area contributed by atoms with Gasteiger partial charge in [0, 0.05) is 18.1 Å². The van der Waals surface area contributed by atoms with Gasteiger partial charge in [0.2, 0.25) is 0 Å². The number of epoxide rings is 1. The monoisotopic (exact) mass is 198 g/mol. The lowest BCUT2D eigenvalue weighted by Gasteiger charge is -1.95. The van der Waals surface area contributed by atoms with Gasteiger partial charge in [0.15, 0.2) is 0 Å². The number of ether oxygens (including phenoxy) is 1. The highest BCUT2D eigenvalue weighted by Crippen LogP contribution is 2.24. The molecular formula is C9H14N2OS. The van der Waals surface area contributed by atoms with Crippen molar-refractivity contribution in [3.8, 4) is 0 Å². The Balaban J connectivity index is 1.65. The number of rotatable bonds is 5. The second kappa shape index (κ2) is 4.17. The third-order valence-electron chi connectivity index (χ3n) is 2.09. The van der Waals surface area contributed by atoms with Gasteiger partial charge in [-0.15, -0.1) is 11.3 Å². The summed E-state index contributed by atoms with van der Waals surface area (Å²) in [6.07, 6.45) is 4.92. The Morgan fingerprint density at radius 1 is 1.69 bits per heavy atom. The van der Waals surface area contributed by atoms with Crippen molar-refractivity contribution in [3.05, 3.63) is 16.6 Å². The van der Waals surface area contributed by atoms with Crippen LogP contribution in [0.15, 0.2) is 11.6 Å². The van der Waals surface area contributed by atoms with Crippen LogP contribution >= 0.6 is 11.3 Å². The van der Waals surface area contributed by atoms with Gasteiger partial charge in [-0.25, -0.2) is 4.98 Å². The summed E-state index contributed by atoms with van der Waals surface area (Å²) in [5, 5.41) is 6.44. The first-order chi connectivity index (χ1) is 6.40. The number of hydrogen-bond acceptors (Lipinski definition) is 4. The van der Waals surface area contributed by atoms with Crippen LogP contribution in [0.3, 0.4) is 0 Å². The van der Waals surface area contributed by atoms with Gasteiger partial charge in [-0.3, -0.25) is 5.32 Å². The van der Waals surface area contributed by atoms with Crippen molar-refractivity contribution in [2.75, 3.05) is 0 Å². The molecule has 1 saturated heterocycles. The molecule has 1 N–H and O–H groups in total. The van der Waals surface area contributed by atoms with Crippen LogP contribution in [0.4, 0.5) is 0 Å². The number of nitrogens with zero attached hydrogens (tertiary/aromatic N) is 1. The smallest absolute Gasteiger partial charge is 0.135 e. The summed E-state index contributed by atoms with van der Waals surface area (Å²) in [5.41, 5.74) is 0. The average molecular weight is 198 g/mol. The average Bonchev–Trinajstić information content (AvgIpc) is 2.66. The molecule has 0 bridgehead atoms. The van der Waals surface area contributed by atoms with E-state index in [4.69, 9.17) is 4.74 Å². The van der Waals surface area contributed by atoms with Crippen molar-refractivity contribution in [3.63, 3.8) is 0 Å². The minimum Gasteiger partial charge on any atom is -0.353 e. The van der Waals surface area contributed by atoms with Gasteiger partial charge in [-0.05, 0) is 6.42 Å². The first-order valence-corrected chi connectivity index (χ1v) is 5.55. The van der Waals surface area contributed by atoms with E-state index < -0.39 is 0 Å². The predicted octanol–water partition coefficient (Wildman–Crippen LogP) is 1.76. The van der Waals surface area contributed by atoms with Crippen molar-refractivity contribution >= 4 is 11.3 Å². The minimum atomic E-state index is 0.281. The maximum atomic E-state index is 5.42. The molecule has 72 valence electrons. The molecule has 2 heterocycles. The normalized spacial score (nSPS) is 26.2. The predicted molar refractivity (Wildman–Crippen MR) is 52.5 cm³/mol. The van der Waals surface area contributed by atoms with Crippen LogP contribution < -0.4 is 5.32 Å². The lowest BCUT2D eigenvalue weighted by Crippen LogP contribution is -2.18.